The number of anilines is 1. The zero-order valence-electron chi connectivity index (χ0n) is 9.45. The molecule has 0 aliphatic carbocycles. The first-order valence-electron chi connectivity index (χ1n) is 5.48. The molecule has 0 saturated heterocycles. The highest BCUT2D eigenvalue weighted by atomic mass is 15.2. The molecule has 0 amide bonds. The maximum absolute atomic E-state index is 5.40. The van der Waals surface area contributed by atoms with E-state index in [4.69, 9.17) is 5.73 Å². The van der Waals surface area contributed by atoms with E-state index < -0.39 is 0 Å². The molecule has 0 fully saturated rings. The van der Waals surface area contributed by atoms with Crippen molar-refractivity contribution in [3.05, 3.63) is 11.4 Å². The Morgan fingerprint density at radius 3 is 2.47 bits per heavy atom. The predicted molar refractivity (Wildman–Crippen MR) is 60.7 cm³/mol. The average molecular weight is 209 g/mol. The summed E-state index contributed by atoms with van der Waals surface area (Å²) in [5.74, 6) is 0.609. The van der Waals surface area contributed by atoms with Crippen LogP contribution >= 0.6 is 0 Å². The summed E-state index contributed by atoms with van der Waals surface area (Å²) in [5, 5.41) is 11.3. The van der Waals surface area contributed by atoms with Crippen LogP contribution in [0.5, 0.6) is 0 Å². The van der Waals surface area contributed by atoms with Gasteiger partial charge in [0.2, 0.25) is 5.95 Å². The zero-order chi connectivity index (χ0) is 11.1. The Morgan fingerprint density at radius 2 is 1.87 bits per heavy atom. The van der Waals surface area contributed by atoms with Crippen LogP contribution in [-0.4, -0.2) is 28.3 Å². The summed E-state index contributed by atoms with van der Waals surface area (Å²) >= 11 is 0. The van der Waals surface area contributed by atoms with Gasteiger partial charge in [-0.05, 0) is 25.8 Å². The van der Waals surface area contributed by atoms with Crippen molar-refractivity contribution in [2.75, 3.05) is 18.4 Å². The molecule has 0 aromatic carbocycles. The van der Waals surface area contributed by atoms with Crippen LogP contribution in [0.1, 0.15) is 31.7 Å². The number of rotatable bonds is 6. The fourth-order valence-electron chi connectivity index (χ4n) is 1.32. The zero-order valence-corrected chi connectivity index (χ0v) is 9.45. The Labute approximate surface area is 90.5 Å². The highest BCUT2D eigenvalue weighted by Gasteiger charge is 2.04. The van der Waals surface area contributed by atoms with Crippen molar-refractivity contribution in [1.82, 2.24) is 15.2 Å². The molecular formula is C10H19N5. The minimum Gasteiger partial charge on any atom is -0.353 e. The Hall–Kier alpha value is -1.23. The second kappa shape index (κ2) is 6.29. The van der Waals surface area contributed by atoms with E-state index in [0.29, 0.717) is 12.5 Å². The lowest BCUT2D eigenvalue weighted by molar-refractivity contribution is 0.804. The van der Waals surface area contributed by atoms with Gasteiger partial charge in [0.15, 0.2) is 0 Å². The van der Waals surface area contributed by atoms with E-state index in [-0.39, 0.29) is 0 Å². The fourth-order valence-corrected chi connectivity index (χ4v) is 1.32. The second-order valence-corrected chi connectivity index (χ2v) is 3.30. The number of nitrogens with two attached hydrogens (primary N) is 1. The van der Waals surface area contributed by atoms with Crippen LogP contribution in [0.2, 0.25) is 0 Å². The highest BCUT2D eigenvalue weighted by molar-refractivity contribution is 5.25. The van der Waals surface area contributed by atoms with Gasteiger partial charge in [0, 0.05) is 6.54 Å². The average Bonchev–Trinajstić information content (AvgIpc) is 2.29. The molecule has 0 aliphatic rings. The van der Waals surface area contributed by atoms with Gasteiger partial charge in [-0.1, -0.05) is 13.8 Å². The summed E-state index contributed by atoms with van der Waals surface area (Å²) in [4.78, 5) is 4.41. The molecule has 0 spiro atoms. The summed E-state index contributed by atoms with van der Waals surface area (Å²) in [5.41, 5.74) is 7.42. The molecule has 1 aromatic heterocycles. The molecule has 84 valence electrons. The minimum atomic E-state index is 0.609. The third kappa shape index (κ3) is 3.43. The van der Waals surface area contributed by atoms with Crippen molar-refractivity contribution in [2.24, 2.45) is 5.73 Å². The normalized spacial score (nSPS) is 10.3. The van der Waals surface area contributed by atoms with Gasteiger partial charge in [0.25, 0.3) is 0 Å². The van der Waals surface area contributed by atoms with E-state index in [1.54, 1.807) is 0 Å². The molecule has 0 saturated carbocycles. The maximum atomic E-state index is 5.40. The molecule has 0 atom stereocenters. The number of aryl methyl sites for hydroxylation is 2. The Bertz CT molecular complexity index is 300. The summed E-state index contributed by atoms with van der Waals surface area (Å²) in [7, 11) is 0. The lowest BCUT2D eigenvalue weighted by atomic mass is 10.2. The molecule has 15 heavy (non-hydrogen) atoms. The number of hydrogen-bond donors (Lipinski definition) is 2. The topological polar surface area (TPSA) is 76.7 Å². The van der Waals surface area contributed by atoms with Gasteiger partial charge in [-0.3, -0.25) is 0 Å². The largest absolute Gasteiger partial charge is 0.353 e. The Kier molecular flexibility index (Phi) is 4.97. The molecular weight excluding hydrogens is 190 g/mol. The van der Waals surface area contributed by atoms with Gasteiger partial charge in [-0.25, -0.2) is 4.98 Å². The fraction of sp³-hybridized carbons (Fsp3) is 0.700. The second-order valence-electron chi connectivity index (χ2n) is 3.30. The highest BCUT2D eigenvalue weighted by Crippen LogP contribution is 2.06. The van der Waals surface area contributed by atoms with Crippen molar-refractivity contribution < 1.29 is 0 Å². The van der Waals surface area contributed by atoms with E-state index in [1.165, 1.54) is 0 Å². The number of aromatic nitrogens is 3. The number of nitrogens with one attached hydrogen (secondary N) is 1. The minimum absolute atomic E-state index is 0.609. The van der Waals surface area contributed by atoms with Crippen molar-refractivity contribution in [2.45, 2.75) is 33.1 Å². The number of hydrogen-bond acceptors (Lipinski definition) is 5. The molecule has 0 bridgehead atoms. The SMILES string of the molecule is CCc1nnc(NCCCN)nc1CC. The van der Waals surface area contributed by atoms with E-state index in [0.717, 1.165) is 37.2 Å². The van der Waals surface area contributed by atoms with Gasteiger partial charge in [-0.15, -0.1) is 5.10 Å². The van der Waals surface area contributed by atoms with Crippen molar-refractivity contribution in [1.29, 1.82) is 0 Å². The van der Waals surface area contributed by atoms with Gasteiger partial charge in [-0.2, -0.15) is 5.10 Å². The lowest BCUT2D eigenvalue weighted by Gasteiger charge is -2.06. The van der Waals surface area contributed by atoms with Crippen LogP contribution in [0.4, 0.5) is 5.95 Å². The predicted octanol–water partition coefficient (Wildman–Crippen LogP) is 0.757. The molecule has 3 N–H and O–H groups in total. The summed E-state index contributed by atoms with van der Waals surface area (Å²) in [6, 6.07) is 0. The first-order chi connectivity index (χ1) is 7.31. The molecule has 1 heterocycles. The summed E-state index contributed by atoms with van der Waals surface area (Å²) in [6.07, 6.45) is 2.69. The van der Waals surface area contributed by atoms with Crippen LogP contribution in [0.25, 0.3) is 0 Å². The molecule has 0 aliphatic heterocycles. The number of nitrogens with zero attached hydrogens (tertiary/aromatic N) is 3. The van der Waals surface area contributed by atoms with E-state index in [9.17, 15) is 0 Å². The van der Waals surface area contributed by atoms with Crippen LogP contribution in [-0.2, 0) is 12.8 Å². The van der Waals surface area contributed by atoms with Gasteiger partial charge >= 0.3 is 0 Å². The maximum Gasteiger partial charge on any atom is 0.242 e. The molecule has 0 radical (unpaired) electrons. The van der Waals surface area contributed by atoms with Crippen molar-refractivity contribution >= 4 is 5.95 Å². The third-order valence-electron chi connectivity index (χ3n) is 2.17. The first-order valence-corrected chi connectivity index (χ1v) is 5.48. The van der Waals surface area contributed by atoms with E-state index in [2.05, 4.69) is 34.3 Å². The standard InChI is InChI=1S/C10H19N5/c1-3-8-9(4-2)14-15-10(13-8)12-7-5-6-11/h3-7,11H2,1-2H3,(H,12,13,15). The smallest absolute Gasteiger partial charge is 0.242 e. The monoisotopic (exact) mass is 209 g/mol. The molecule has 5 nitrogen and oxygen atoms in total. The van der Waals surface area contributed by atoms with Crippen molar-refractivity contribution in [3.63, 3.8) is 0 Å². The van der Waals surface area contributed by atoms with Gasteiger partial charge in [0.1, 0.15) is 0 Å². The first kappa shape index (κ1) is 11.8. The summed E-state index contributed by atoms with van der Waals surface area (Å²) in [6.45, 7) is 5.61. The molecule has 0 unspecified atom stereocenters. The van der Waals surface area contributed by atoms with Crippen LogP contribution in [0.3, 0.4) is 0 Å². The quantitative estimate of drug-likeness (QED) is 0.676. The van der Waals surface area contributed by atoms with Crippen LogP contribution in [0, 0.1) is 0 Å². The Balaban J connectivity index is 2.66. The molecule has 1 aromatic rings. The Morgan fingerprint density at radius 1 is 1.13 bits per heavy atom. The van der Waals surface area contributed by atoms with Crippen LogP contribution in [0.15, 0.2) is 0 Å². The molecule has 5 heteroatoms. The summed E-state index contributed by atoms with van der Waals surface area (Å²) < 4.78 is 0. The van der Waals surface area contributed by atoms with Gasteiger partial charge < -0.3 is 11.1 Å². The third-order valence-corrected chi connectivity index (χ3v) is 2.17. The van der Waals surface area contributed by atoms with Gasteiger partial charge in [0.05, 0.1) is 11.4 Å². The molecule has 1 rings (SSSR count). The lowest BCUT2D eigenvalue weighted by Crippen LogP contribution is -2.13. The van der Waals surface area contributed by atoms with E-state index >= 15 is 0 Å². The van der Waals surface area contributed by atoms with Crippen LogP contribution < -0.4 is 11.1 Å². The van der Waals surface area contributed by atoms with E-state index in [1.807, 2.05) is 0 Å². The van der Waals surface area contributed by atoms with Crippen molar-refractivity contribution in [3.8, 4) is 0 Å².